The van der Waals surface area contributed by atoms with Gasteiger partial charge in [0.2, 0.25) is 5.91 Å². The summed E-state index contributed by atoms with van der Waals surface area (Å²) in [6, 6.07) is -0.813. The maximum absolute atomic E-state index is 12.8. The van der Waals surface area contributed by atoms with E-state index in [1.165, 1.54) is 89.9 Å². The molecular weight excluding hydrogens is 598 g/mol. The van der Waals surface area contributed by atoms with Crippen LogP contribution in [0.3, 0.4) is 0 Å². The zero-order valence-electron chi connectivity index (χ0n) is 29.8. The van der Waals surface area contributed by atoms with E-state index in [2.05, 4.69) is 31.3 Å². The van der Waals surface area contributed by atoms with Crippen LogP contribution in [0.1, 0.15) is 155 Å². The van der Waals surface area contributed by atoms with Crippen LogP contribution in [0, 0.1) is 0 Å². The minimum Gasteiger partial charge on any atom is -0.394 e. The van der Waals surface area contributed by atoms with E-state index in [1.54, 1.807) is 6.08 Å². The van der Waals surface area contributed by atoms with E-state index in [1.807, 2.05) is 6.08 Å². The number of carbonyl (C=O) groups excluding carboxylic acids is 1. The topological polar surface area (TPSA) is 149 Å². The van der Waals surface area contributed by atoms with Gasteiger partial charge in [0.1, 0.15) is 24.4 Å². The summed E-state index contributed by atoms with van der Waals surface area (Å²) in [7, 11) is 0. The number of allylic oxidation sites excluding steroid dienone is 3. The highest BCUT2D eigenvalue weighted by molar-refractivity contribution is 5.76. The predicted octanol–water partition coefficient (Wildman–Crippen LogP) is 6.38. The number of unbranched alkanes of at least 4 members (excludes halogenated alkanes) is 18. The largest absolute Gasteiger partial charge is 0.394 e. The molecule has 1 fully saturated rings. The zero-order valence-corrected chi connectivity index (χ0v) is 29.8. The SMILES string of the molecule is CCCC/C=C/CC/C=C/C(O)C(COC1OC(CO)C(O)C(O)C1O)NC(=O)CCCCCCCCCCCCCCCCCC. The maximum atomic E-state index is 12.8. The average molecular weight is 670 g/mol. The van der Waals surface area contributed by atoms with Gasteiger partial charge >= 0.3 is 0 Å². The van der Waals surface area contributed by atoms with Crippen molar-refractivity contribution in [3.8, 4) is 0 Å². The van der Waals surface area contributed by atoms with E-state index in [9.17, 15) is 30.3 Å². The molecule has 0 aromatic heterocycles. The Balaban J connectivity index is 2.39. The molecule has 0 saturated carbocycles. The minimum atomic E-state index is -1.57. The normalized spacial score (nSPS) is 23.1. The third-order valence-electron chi connectivity index (χ3n) is 9.03. The first-order valence-corrected chi connectivity index (χ1v) is 19.1. The number of hydrogen-bond donors (Lipinski definition) is 6. The van der Waals surface area contributed by atoms with Gasteiger partial charge in [0.25, 0.3) is 0 Å². The summed E-state index contributed by atoms with van der Waals surface area (Å²) in [5.74, 6) is -0.191. The molecule has 1 saturated heterocycles. The average Bonchev–Trinajstić information content (AvgIpc) is 3.07. The quantitative estimate of drug-likeness (QED) is 0.0381. The Bertz CT molecular complexity index is 792. The molecule has 0 aliphatic carbocycles. The standard InChI is InChI=1S/C38H71NO8/c1-3-5-7-9-11-13-14-15-16-17-18-19-20-22-24-26-28-34(42)39-31(32(41)27-25-23-21-12-10-8-6-4-2)30-46-38-37(45)36(44)35(43)33(29-40)47-38/h10,12,25,27,31-33,35-38,40-41,43-45H,3-9,11,13-24,26,28-30H2,1-2H3,(H,39,42)/b12-10+,27-25+. The summed E-state index contributed by atoms with van der Waals surface area (Å²) in [6.45, 7) is 3.66. The maximum Gasteiger partial charge on any atom is 0.220 e. The molecule has 7 unspecified atom stereocenters. The summed E-state index contributed by atoms with van der Waals surface area (Å²) in [5.41, 5.74) is 0. The molecule has 0 radical (unpaired) electrons. The Labute approximate surface area is 286 Å². The van der Waals surface area contributed by atoms with E-state index >= 15 is 0 Å². The summed E-state index contributed by atoms with van der Waals surface area (Å²) in [6.07, 6.45) is 25.2. The van der Waals surface area contributed by atoms with Crippen LogP contribution in [0.15, 0.2) is 24.3 Å². The van der Waals surface area contributed by atoms with Crippen molar-refractivity contribution in [1.82, 2.24) is 5.32 Å². The lowest BCUT2D eigenvalue weighted by Gasteiger charge is -2.40. The molecule has 7 atom stereocenters. The Morgan fingerprint density at radius 2 is 1.21 bits per heavy atom. The molecule has 9 nitrogen and oxygen atoms in total. The lowest BCUT2D eigenvalue weighted by atomic mass is 9.99. The zero-order chi connectivity index (χ0) is 34.5. The summed E-state index contributed by atoms with van der Waals surface area (Å²) < 4.78 is 11.1. The first-order chi connectivity index (χ1) is 22.8. The summed E-state index contributed by atoms with van der Waals surface area (Å²) in [4.78, 5) is 12.8. The molecule has 6 N–H and O–H groups in total. The molecule has 1 heterocycles. The fourth-order valence-corrected chi connectivity index (χ4v) is 5.86. The molecule has 0 bridgehead atoms. The Morgan fingerprint density at radius 1 is 0.702 bits per heavy atom. The van der Waals surface area contributed by atoms with E-state index < -0.39 is 49.5 Å². The second-order valence-corrected chi connectivity index (χ2v) is 13.4. The van der Waals surface area contributed by atoms with Gasteiger partial charge < -0.3 is 40.3 Å². The van der Waals surface area contributed by atoms with Crippen LogP contribution < -0.4 is 5.32 Å². The van der Waals surface area contributed by atoms with Crippen molar-refractivity contribution in [2.75, 3.05) is 13.2 Å². The number of hydrogen-bond acceptors (Lipinski definition) is 8. The van der Waals surface area contributed by atoms with E-state index in [-0.39, 0.29) is 12.5 Å². The molecule has 1 aliphatic heterocycles. The number of aliphatic hydroxyl groups is 5. The molecule has 47 heavy (non-hydrogen) atoms. The van der Waals surface area contributed by atoms with E-state index in [0.29, 0.717) is 6.42 Å². The molecule has 9 heteroatoms. The Kier molecular flexibility index (Phi) is 27.5. The van der Waals surface area contributed by atoms with Crippen molar-refractivity contribution in [1.29, 1.82) is 0 Å². The van der Waals surface area contributed by atoms with Crippen molar-refractivity contribution >= 4 is 5.91 Å². The molecule has 0 aromatic rings. The lowest BCUT2D eigenvalue weighted by Crippen LogP contribution is -2.60. The van der Waals surface area contributed by atoms with Crippen molar-refractivity contribution in [3.63, 3.8) is 0 Å². The van der Waals surface area contributed by atoms with Gasteiger partial charge in [-0.1, -0.05) is 147 Å². The van der Waals surface area contributed by atoms with Gasteiger partial charge in [-0.25, -0.2) is 0 Å². The first-order valence-electron chi connectivity index (χ1n) is 19.1. The number of carbonyl (C=O) groups is 1. The fraction of sp³-hybridized carbons (Fsp3) is 0.868. The second-order valence-electron chi connectivity index (χ2n) is 13.4. The van der Waals surface area contributed by atoms with Crippen LogP contribution in [0.2, 0.25) is 0 Å². The van der Waals surface area contributed by atoms with Crippen LogP contribution in [0.25, 0.3) is 0 Å². The van der Waals surface area contributed by atoms with Crippen LogP contribution in [0.4, 0.5) is 0 Å². The molecule has 1 rings (SSSR count). The van der Waals surface area contributed by atoms with Crippen LogP contribution in [0.5, 0.6) is 0 Å². The fourth-order valence-electron chi connectivity index (χ4n) is 5.86. The smallest absolute Gasteiger partial charge is 0.220 e. The molecule has 276 valence electrons. The van der Waals surface area contributed by atoms with Gasteiger partial charge in [0.15, 0.2) is 6.29 Å². The summed E-state index contributed by atoms with van der Waals surface area (Å²) in [5, 5.41) is 53.7. The van der Waals surface area contributed by atoms with E-state index in [0.717, 1.165) is 44.9 Å². The number of aliphatic hydroxyl groups excluding tert-OH is 5. The van der Waals surface area contributed by atoms with Gasteiger partial charge in [-0.2, -0.15) is 0 Å². The third kappa shape index (κ3) is 21.4. The monoisotopic (exact) mass is 670 g/mol. The van der Waals surface area contributed by atoms with Crippen LogP contribution in [-0.4, -0.2) is 87.5 Å². The van der Waals surface area contributed by atoms with Gasteiger partial charge in [0.05, 0.1) is 25.4 Å². The highest BCUT2D eigenvalue weighted by Gasteiger charge is 2.44. The van der Waals surface area contributed by atoms with Crippen molar-refractivity contribution < 1.29 is 39.8 Å². The number of ether oxygens (including phenoxy) is 2. The van der Waals surface area contributed by atoms with Crippen LogP contribution in [-0.2, 0) is 14.3 Å². The minimum absolute atomic E-state index is 0.191. The Hall–Kier alpha value is -1.33. The van der Waals surface area contributed by atoms with Crippen LogP contribution >= 0.6 is 0 Å². The summed E-state index contributed by atoms with van der Waals surface area (Å²) >= 11 is 0. The Morgan fingerprint density at radius 3 is 1.77 bits per heavy atom. The van der Waals surface area contributed by atoms with Gasteiger partial charge in [-0.15, -0.1) is 0 Å². The predicted molar refractivity (Wildman–Crippen MR) is 189 cm³/mol. The molecule has 0 spiro atoms. The van der Waals surface area contributed by atoms with Gasteiger partial charge in [-0.05, 0) is 25.7 Å². The number of rotatable bonds is 30. The molecule has 0 aromatic carbocycles. The van der Waals surface area contributed by atoms with Crippen molar-refractivity contribution in [2.45, 2.75) is 198 Å². The highest BCUT2D eigenvalue weighted by Crippen LogP contribution is 2.22. The van der Waals surface area contributed by atoms with E-state index in [4.69, 9.17) is 9.47 Å². The van der Waals surface area contributed by atoms with Gasteiger partial charge in [0, 0.05) is 6.42 Å². The lowest BCUT2D eigenvalue weighted by molar-refractivity contribution is -0.302. The first kappa shape index (κ1) is 43.7. The van der Waals surface area contributed by atoms with Crippen molar-refractivity contribution in [3.05, 3.63) is 24.3 Å². The third-order valence-corrected chi connectivity index (χ3v) is 9.03. The molecular formula is C38H71NO8. The highest BCUT2D eigenvalue weighted by atomic mass is 16.7. The second kappa shape index (κ2) is 29.6. The molecule has 1 amide bonds. The number of nitrogens with one attached hydrogen (secondary N) is 1. The van der Waals surface area contributed by atoms with Crippen molar-refractivity contribution in [2.24, 2.45) is 0 Å². The molecule has 1 aliphatic rings. The van der Waals surface area contributed by atoms with Gasteiger partial charge in [-0.3, -0.25) is 4.79 Å². The number of amides is 1.